The van der Waals surface area contributed by atoms with Gasteiger partial charge in [-0.05, 0) is 43.4 Å². The van der Waals surface area contributed by atoms with Gasteiger partial charge in [0.15, 0.2) is 5.69 Å². The summed E-state index contributed by atoms with van der Waals surface area (Å²) in [6.07, 6.45) is 6.73. The molecule has 26 heavy (non-hydrogen) atoms. The molecule has 0 bridgehead atoms. The van der Waals surface area contributed by atoms with Crippen LogP contribution in [0.25, 0.3) is 0 Å². The molecule has 1 amide bonds. The maximum Gasteiger partial charge on any atom is 0.273 e. The van der Waals surface area contributed by atoms with Gasteiger partial charge >= 0.3 is 0 Å². The standard InChI is InChI=1S/C19H27N5OS/c20-16-7-9-17(10-8-16)24-13-18(22-23-24)19(25)21-11-4-12-26-14-15-5-2-1-3-6-15/h1-3,5-6,13,16-17H,4,7-12,14,20H2,(H,21,25). The Morgan fingerprint density at radius 2 is 2.00 bits per heavy atom. The fourth-order valence-corrected chi connectivity index (χ4v) is 4.08. The van der Waals surface area contributed by atoms with E-state index < -0.39 is 0 Å². The van der Waals surface area contributed by atoms with Crippen LogP contribution in [0.1, 0.15) is 54.2 Å². The largest absolute Gasteiger partial charge is 0.351 e. The fraction of sp³-hybridized carbons (Fsp3) is 0.526. The zero-order valence-corrected chi connectivity index (χ0v) is 15.8. The van der Waals surface area contributed by atoms with Crippen LogP contribution in [0, 0.1) is 0 Å². The van der Waals surface area contributed by atoms with E-state index in [1.54, 1.807) is 6.20 Å². The van der Waals surface area contributed by atoms with E-state index in [-0.39, 0.29) is 5.91 Å². The number of carbonyl (C=O) groups excluding carboxylic acids is 1. The lowest BCUT2D eigenvalue weighted by Gasteiger charge is -2.25. The first kappa shape index (κ1) is 18.9. The van der Waals surface area contributed by atoms with E-state index in [2.05, 4.69) is 39.9 Å². The average Bonchev–Trinajstić information content (AvgIpc) is 3.16. The molecule has 0 radical (unpaired) electrons. The minimum Gasteiger partial charge on any atom is -0.351 e. The molecular weight excluding hydrogens is 346 g/mol. The molecule has 1 heterocycles. The topological polar surface area (TPSA) is 85.8 Å². The highest BCUT2D eigenvalue weighted by Crippen LogP contribution is 2.26. The van der Waals surface area contributed by atoms with E-state index in [0.717, 1.165) is 43.6 Å². The summed E-state index contributed by atoms with van der Waals surface area (Å²) in [5.41, 5.74) is 7.67. The predicted molar refractivity (Wildman–Crippen MR) is 105 cm³/mol. The van der Waals surface area contributed by atoms with Crippen molar-refractivity contribution in [2.24, 2.45) is 5.73 Å². The molecule has 0 saturated heterocycles. The molecule has 1 saturated carbocycles. The van der Waals surface area contributed by atoms with Crippen LogP contribution in [0.15, 0.2) is 36.5 Å². The second-order valence-corrected chi connectivity index (χ2v) is 7.91. The molecular formula is C19H27N5OS. The zero-order valence-electron chi connectivity index (χ0n) is 15.0. The van der Waals surface area contributed by atoms with Crippen LogP contribution < -0.4 is 11.1 Å². The third-order valence-electron chi connectivity index (χ3n) is 4.72. The van der Waals surface area contributed by atoms with Crippen molar-refractivity contribution in [2.75, 3.05) is 12.3 Å². The number of carbonyl (C=O) groups is 1. The van der Waals surface area contributed by atoms with Gasteiger partial charge in [0.2, 0.25) is 0 Å². The summed E-state index contributed by atoms with van der Waals surface area (Å²) in [6, 6.07) is 11.0. The quantitative estimate of drug-likeness (QED) is 0.695. The minimum absolute atomic E-state index is 0.142. The maximum atomic E-state index is 12.2. The lowest BCUT2D eigenvalue weighted by atomic mass is 9.92. The third kappa shape index (κ3) is 5.57. The zero-order chi connectivity index (χ0) is 18.2. The number of rotatable bonds is 8. The summed E-state index contributed by atoms with van der Waals surface area (Å²) in [5.74, 6) is 1.88. The van der Waals surface area contributed by atoms with Crippen molar-refractivity contribution in [1.29, 1.82) is 0 Å². The first-order chi connectivity index (χ1) is 12.7. The highest BCUT2D eigenvalue weighted by Gasteiger charge is 2.22. The Hall–Kier alpha value is -1.86. The number of hydrogen-bond donors (Lipinski definition) is 2. The molecule has 1 aliphatic rings. The lowest BCUT2D eigenvalue weighted by Crippen LogP contribution is -2.28. The molecule has 0 aliphatic heterocycles. The van der Waals surface area contributed by atoms with Crippen molar-refractivity contribution in [1.82, 2.24) is 20.3 Å². The second kappa shape index (κ2) is 9.73. The number of aromatic nitrogens is 3. The normalized spacial score (nSPS) is 20.0. The van der Waals surface area contributed by atoms with Gasteiger partial charge in [-0.3, -0.25) is 4.79 Å². The number of nitrogens with zero attached hydrogens (tertiary/aromatic N) is 3. The van der Waals surface area contributed by atoms with Crippen molar-refractivity contribution in [3.05, 3.63) is 47.8 Å². The molecule has 0 unspecified atom stereocenters. The Morgan fingerprint density at radius 3 is 2.77 bits per heavy atom. The highest BCUT2D eigenvalue weighted by atomic mass is 32.2. The molecule has 6 nitrogen and oxygen atoms in total. The molecule has 1 fully saturated rings. The van der Waals surface area contributed by atoms with Gasteiger partial charge in [-0.2, -0.15) is 11.8 Å². The van der Waals surface area contributed by atoms with Gasteiger partial charge < -0.3 is 11.1 Å². The molecule has 3 N–H and O–H groups in total. The lowest BCUT2D eigenvalue weighted by molar-refractivity contribution is 0.0948. The van der Waals surface area contributed by atoms with Crippen molar-refractivity contribution in [2.45, 2.75) is 49.9 Å². The van der Waals surface area contributed by atoms with Crippen LogP contribution in [0.4, 0.5) is 0 Å². The Bertz CT molecular complexity index is 682. The molecule has 7 heteroatoms. The summed E-state index contributed by atoms with van der Waals surface area (Å²) < 4.78 is 1.83. The van der Waals surface area contributed by atoms with Crippen LogP contribution in [0.5, 0.6) is 0 Å². The molecule has 3 rings (SSSR count). The Kier molecular flexibility index (Phi) is 7.08. The number of thioether (sulfide) groups is 1. The number of nitrogens with one attached hydrogen (secondary N) is 1. The summed E-state index contributed by atoms with van der Waals surface area (Å²) in [6.45, 7) is 0.658. The number of nitrogens with two attached hydrogens (primary N) is 1. The summed E-state index contributed by atoms with van der Waals surface area (Å²) >= 11 is 1.88. The van der Waals surface area contributed by atoms with E-state index in [1.165, 1.54) is 5.56 Å². The molecule has 1 aromatic carbocycles. The van der Waals surface area contributed by atoms with E-state index >= 15 is 0 Å². The van der Waals surface area contributed by atoms with Crippen molar-refractivity contribution in [3.8, 4) is 0 Å². The van der Waals surface area contributed by atoms with Gasteiger partial charge in [-0.1, -0.05) is 35.5 Å². The number of benzene rings is 1. The molecule has 1 aromatic heterocycles. The SMILES string of the molecule is NC1CCC(n2cc(C(=O)NCCCSCc3ccccc3)nn2)CC1. The molecule has 1 aliphatic carbocycles. The monoisotopic (exact) mass is 373 g/mol. The van der Waals surface area contributed by atoms with Crippen LogP contribution in [-0.4, -0.2) is 39.2 Å². The molecule has 2 aromatic rings. The van der Waals surface area contributed by atoms with Gasteiger partial charge in [0.05, 0.1) is 12.2 Å². The van der Waals surface area contributed by atoms with E-state index in [0.29, 0.717) is 24.3 Å². The first-order valence-corrected chi connectivity index (χ1v) is 10.4. The van der Waals surface area contributed by atoms with Crippen LogP contribution in [-0.2, 0) is 5.75 Å². The van der Waals surface area contributed by atoms with E-state index in [9.17, 15) is 4.79 Å². The second-order valence-electron chi connectivity index (χ2n) is 6.80. The smallest absolute Gasteiger partial charge is 0.273 e. The summed E-state index contributed by atoms with van der Waals surface area (Å²) in [7, 11) is 0. The van der Waals surface area contributed by atoms with Crippen LogP contribution in [0.2, 0.25) is 0 Å². The Labute approximate surface area is 158 Å². The Morgan fingerprint density at radius 1 is 1.23 bits per heavy atom. The van der Waals surface area contributed by atoms with Gasteiger partial charge in [-0.25, -0.2) is 4.68 Å². The van der Waals surface area contributed by atoms with Crippen LogP contribution in [0.3, 0.4) is 0 Å². The first-order valence-electron chi connectivity index (χ1n) is 9.29. The van der Waals surface area contributed by atoms with Crippen molar-refractivity contribution >= 4 is 17.7 Å². The average molecular weight is 374 g/mol. The molecule has 0 atom stereocenters. The number of hydrogen-bond acceptors (Lipinski definition) is 5. The van der Waals surface area contributed by atoms with Gasteiger partial charge in [0.25, 0.3) is 5.91 Å². The van der Waals surface area contributed by atoms with E-state index in [1.807, 2.05) is 22.5 Å². The third-order valence-corrected chi connectivity index (χ3v) is 5.84. The van der Waals surface area contributed by atoms with Gasteiger partial charge in [0, 0.05) is 18.3 Å². The van der Waals surface area contributed by atoms with Crippen LogP contribution >= 0.6 is 11.8 Å². The van der Waals surface area contributed by atoms with Crippen molar-refractivity contribution < 1.29 is 4.79 Å². The summed E-state index contributed by atoms with van der Waals surface area (Å²) in [5, 5.41) is 11.1. The van der Waals surface area contributed by atoms with E-state index in [4.69, 9.17) is 5.73 Å². The number of amides is 1. The van der Waals surface area contributed by atoms with Crippen molar-refractivity contribution in [3.63, 3.8) is 0 Å². The minimum atomic E-state index is -0.142. The fourth-order valence-electron chi connectivity index (χ4n) is 3.16. The highest BCUT2D eigenvalue weighted by molar-refractivity contribution is 7.98. The predicted octanol–water partition coefficient (Wildman–Crippen LogP) is 2.77. The summed E-state index contributed by atoms with van der Waals surface area (Å²) in [4.78, 5) is 12.2. The molecule has 140 valence electrons. The Balaban J connectivity index is 1.33. The van der Waals surface area contributed by atoms with Gasteiger partial charge in [0.1, 0.15) is 0 Å². The van der Waals surface area contributed by atoms with Gasteiger partial charge in [-0.15, -0.1) is 5.10 Å². The molecule has 0 spiro atoms. The maximum absolute atomic E-state index is 12.2.